The quantitative estimate of drug-likeness (QED) is 0.449. The average molecular weight is 252 g/mol. The first-order valence-corrected chi connectivity index (χ1v) is 4.54. The van der Waals surface area contributed by atoms with E-state index in [1.165, 1.54) is 0 Å². The van der Waals surface area contributed by atoms with E-state index in [4.69, 9.17) is 7.85 Å². The molecule has 69 valence electrons. The molecule has 0 bridgehead atoms. The van der Waals surface area contributed by atoms with Crippen LogP contribution in [0.5, 0.6) is 0 Å². The van der Waals surface area contributed by atoms with Crippen molar-refractivity contribution in [3.8, 4) is 0 Å². The number of hydrogen-bond acceptors (Lipinski definition) is 1. The van der Waals surface area contributed by atoms with Gasteiger partial charge in [0.25, 0.3) is 0 Å². The summed E-state index contributed by atoms with van der Waals surface area (Å²) in [6.07, 6.45) is 5.11. The van der Waals surface area contributed by atoms with Crippen molar-refractivity contribution in [2.75, 3.05) is 0 Å². The molecule has 0 aliphatic heterocycles. The van der Waals surface area contributed by atoms with Crippen molar-refractivity contribution in [2.45, 2.75) is 25.8 Å². The van der Waals surface area contributed by atoms with Gasteiger partial charge in [0.15, 0.2) is 0 Å². The van der Waals surface area contributed by atoms with Crippen LogP contribution in [0, 0.1) is 24.7 Å². The van der Waals surface area contributed by atoms with E-state index in [1.807, 2.05) is 12.2 Å². The maximum absolute atomic E-state index is 9.62. The van der Waals surface area contributed by atoms with Gasteiger partial charge in [0.2, 0.25) is 0 Å². The van der Waals surface area contributed by atoms with E-state index in [0.29, 0.717) is 18.2 Å². The van der Waals surface area contributed by atoms with Gasteiger partial charge in [-0.3, -0.25) is 0 Å². The van der Waals surface area contributed by atoms with Crippen LogP contribution in [0.3, 0.4) is 0 Å². The van der Waals surface area contributed by atoms with Crippen LogP contribution in [0.1, 0.15) is 13.3 Å². The van der Waals surface area contributed by atoms with Crippen molar-refractivity contribution >= 4 is 7.85 Å². The molecule has 1 N–H and O–H groups in total. The van der Waals surface area contributed by atoms with Crippen LogP contribution in [-0.4, -0.2) is 19.1 Å². The molecule has 0 amide bonds. The van der Waals surface area contributed by atoms with Crippen molar-refractivity contribution in [3.05, 3.63) is 19.1 Å². The average Bonchev–Trinajstić information content (AvgIpc) is 2.25. The van der Waals surface area contributed by atoms with Crippen LogP contribution in [0.25, 0.3) is 0 Å². The maximum atomic E-state index is 9.62. The fraction of sp³-hybridized carbons (Fsp3) is 0.700. The molecule has 13 heavy (non-hydrogen) atoms. The Hall–Kier alpha value is 0.869. The molecular weight excluding hydrogens is 236 g/mol. The minimum atomic E-state index is -0.217. The second-order valence-corrected chi connectivity index (χ2v) is 3.69. The zero-order valence-electron chi connectivity index (χ0n) is 8.19. The van der Waals surface area contributed by atoms with E-state index < -0.39 is 0 Å². The number of aliphatic hydroxyl groups is 1. The summed E-state index contributed by atoms with van der Waals surface area (Å²) in [4.78, 5) is 0. The van der Waals surface area contributed by atoms with Crippen LogP contribution in [0.2, 0.25) is 6.32 Å². The molecule has 1 aliphatic rings. The number of allylic oxidation sites excluding steroid dienone is 1. The predicted octanol–water partition coefficient (Wildman–Crippen LogP) is 1.59. The molecule has 1 aliphatic carbocycles. The molecule has 4 atom stereocenters. The second-order valence-electron chi connectivity index (χ2n) is 3.69. The minimum Gasteiger partial charge on any atom is -0.393 e. The molecule has 3 heteroatoms. The number of rotatable bonds is 2. The smallest absolute Gasteiger partial charge is 0.0708 e. The van der Waals surface area contributed by atoms with E-state index in [9.17, 15) is 5.11 Å². The third-order valence-corrected chi connectivity index (χ3v) is 2.78. The summed E-state index contributed by atoms with van der Waals surface area (Å²) >= 11 is 0. The molecule has 0 aromatic carbocycles. The van der Waals surface area contributed by atoms with E-state index in [-0.39, 0.29) is 44.7 Å². The summed E-state index contributed by atoms with van der Waals surface area (Å²) < 4.78 is 0. The zero-order chi connectivity index (χ0) is 9.14. The fourth-order valence-electron chi connectivity index (χ4n) is 1.88. The Labute approximate surface area is 108 Å². The molecule has 0 spiro atoms. The topological polar surface area (TPSA) is 20.2 Å². The van der Waals surface area contributed by atoms with E-state index in [2.05, 4.69) is 13.8 Å². The van der Waals surface area contributed by atoms with Gasteiger partial charge in [-0.2, -0.15) is 5.92 Å². The first-order valence-electron chi connectivity index (χ1n) is 4.54. The van der Waals surface area contributed by atoms with E-state index in [0.717, 1.165) is 6.42 Å². The van der Waals surface area contributed by atoms with Crippen molar-refractivity contribution in [2.24, 2.45) is 17.8 Å². The monoisotopic (exact) mass is 252 g/mol. The Kier molecular flexibility index (Phi) is 6.80. The molecule has 4 unspecified atom stereocenters. The summed E-state index contributed by atoms with van der Waals surface area (Å²) in [5.74, 6) is 1.07. The van der Waals surface area contributed by atoms with Gasteiger partial charge in [0.05, 0.1) is 14.0 Å². The first-order chi connectivity index (χ1) is 5.66. The normalized spacial score (nSPS) is 39.3. The van der Waals surface area contributed by atoms with Crippen LogP contribution in [0.4, 0.5) is 0 Å². The van der Waals surface area contributed by atoms with Gasteiger partial charge in [-0.25, -0.2) is 0 Å². The second kappa shape index (κ2) is 6.37. The standard InChI is InChI=1S/C10H16BO.Y/c1-7-6-10(12)9(8(7)2)4-3-5-11;/h3-4,7-10,12H,2,5-6H2,1H3;/q-1;/b4-3+;. The van der Waals surface area contributed by atoms with Crippen molar-refractivity contribution < 1.29 is 37.8 Å². The third kappa shape index (κ3) is 3.49. The summed E-state index contributed by atoms with van der Waals surface area (Å²) in [5.41, 5.74) is 0. The number of hydrogen-bond donors (Lipinski definition) is 1. The molecule has 0 heterocycles. The molecule has 1 fully saturated rings. The van der Waals surface area contributed by atoms with Crippen LogP contribution in [-0.2, 0) is 32.7 Å². The molecule has 0 saturated heterocycles. The van der Waals surface area contributed by atoms with E-state index in [1.54, 1.807) is 0 Å². The van der Waals surface area contributed by atoms with Gasteiger partial charge in [-0.05, 0) is 12.3 Å². The van der Waals surface area contributed by atoms with Crippen LogP contribution < -0.4 is 0 Å². The Bertz CT molecular complexity index is 172. The summed E-state index contributed by atoms with van der Waals surface area (Å²) in [7, 11) is 5.34. The Morgan fingerprint density at radius 2 is 2.23 bits per heavy atom. The molecular formula is C10H16BOY-. The van der Waals surface area contributed by atoms with Gasteiger partial charge in [-0.1, -0.05) is 31.3 Å². The fourth-order valence-corrected chi connectivity index (χ4v) is 1.88. The third-order valence-electron chi connectivity index (χ3n) is 2.78. The molecule has 3 radical (unpaired) electrons. The van der Waals surface area contributed by atoms with Gasteiger partial charge in [0.1, 0.15) is 0 Å². The van der Waals surface area contributed by atoms with Gasteiger partial charge in [-0.15, -0.1) is 0 Å². The maximum Gasteiger partial charge on any atom is 0.0708 e. The Morgan fingerprint density at radius 1 is 1.62 bits per heavy atom. The van der Waals surface area contributed by atoms with Gasteiger partial charge in [0, 0.05) is 32.7 Å². The molecule has 0 aromatic heterocycles. The molecule has 1 saturated carbocycles. The predicted molar refractivity (Wildman–Crippen MR) is 51.8 cm³/mol. The molecule has 1 nitrogen and oxygen atoms in total. The molecule has 0 aromatic rings. The number of aliphatic hydroxyl groups excluding tert-OH is 1. The largest absolute Gasteiger partial charge is 0.393 e. The van der Waals surface area contributed by atoms with Crippen molar-refractivity contribution in [3.63, 3.8) is 0 Å². The van der Waals surface area contributed by atoms with Crippen LogP contribution >= 0.6 is 0 Å². The Morgan fingerprint density at radius 3 is 2.62 bits per heavy atom. The van der Waals surface area contributed by atoms with Crippen molar-refractivity contribution in [1.82, 2.24) is 0 Å². The summed E-state index contributed by atoms with van der Waals surface area (Å²) in [5, 5.41) is 9.62. The zero-order valence-corrected chi connectivity index (χ0v) is 11.0. The van der Waals surface area contributed by atoms with Crippen molar-refractivity contribution in [1.29, 1.82) is 0 Å². The summed E-state index contributed by atoms with van der Waals surface area (Å²) in [6, 6.07) is 0. The molecule has 1 rings (SSSR count). The minimum absolute atomic E-state index is 0. The first kappa shape index (κ1) is 13.9. The Balaban J connectivity index is 0.00000144. The van der Waals surface area contributed by atoms with Crippen LogP contribution in [0.15, 0.2) is 12.2 Å². The summed E-state index contributed by atoms with van der Waals surface area (Å²) in [6.45, 7) is 6.19. The SMILES string of the molecule is [B]C/C=C/C1C(O)CC(C)C1[CH2-].[Y]. The van der Waals surface area contributed by atoms with Gasteiger partial charge >= 0.3 is 0 Å². The van der Waals surface area contributed by atoms with E-state index >= 15 is 0 Å². The van der Waals surface area contributed by atoms with Gasteiger partial charge < -0.3 is 12.0 Å².